The lowest BCUT2D eigenvalue weighted by atomic mass is 10.1. The van der Waals surface area contributed by atoms with Crippen molar-refractivity contribution in [2.24, 2.45) is 0 Å². The molecule has 0 spiro atoms. The summed E-state index contributed by atoms with van der Waals surface area (Å²) >= 11 is 0. The highest BCUT2D eigenvalue weighted by molar-refractivity contribution is 6.03. The largest absolute Gasteiger partial charge is 0.397 e. The maximum Gasteiger partial charge on any atom is 0.288 e. The smallest absolute Gasteiger partial charge is 0.288 e. The van der Waals surface area contributed by atoms with E-state index in [0.29, 0.717) is 5.69 Å². The maximum absolute atomic E-state index is 11.1. The van der Waals surface area contributed by atoms with Crippen molar-refractivity contribution >= 4 is 28.1 Å². The van der Waals surface area contributed by atoms with E-state index < -0.39 is 0 Å². The molecule has 4 nitrogen and oxygen atoms in total. The van der Waals surface area contributed by atoms with Crippen LogP contribution in [0.3, 0.4) is 0 Å². The van der Waals surface area contributed by atoms with Crippen molar-refractivity contribution in [3.8, 4) is 0 Å². The highest BCUT2D eigenvalue weighted by atomic mass is 16.2. The molecular formula is C13H10N3O. The monoisotopic (exact) mass is 224 g/mol. The van der Waals surface area contributed by atoms with Crippen LogP contribution in [0, 0.1) is 0 Å². The minimum Gasteiger partial charge on any atom is -0.397 e. The van der Waals surface area contributed by atoms with Gasteiger partial charge >= 0.3 is 0 Å². The maximum atomic E-state index is 11.1. The third kappa shape index (κ3) is 1.50. The van der Waals surface area contributed by atoms with Crippen molar-refractivity contribution in [3.05, 3.63) is 48.7 Å². The van der Waals surface area contributed by atoms with Crippen LogP contribution >= 0.6 is 0 Å². The summed E-state index contributed by atoms with van der Waals surface area (Å²) in [6.45, 7) is 0. The van der Waals surface area contributed by atoms with Crippen LogP contribution < -0.4 is 16.2 Å². The number of nitrogens with zero attached hydrogens (tertiary/aromatic N) is 2. The van der Waals surface area contributed by atoms with Crippen molar-refractivity contribution in [3.63, 3.8) is 0 Å². The summed E-state index contributed by atoms with van der Waals surface area (Å²) < 4.78 is 0. The van der Waals surface area contributed by atoms with Gasteiger partial charge in [-0.25, -0.2) is 5.01 Å². The first-order valence-corrected chi connectivity index (χ1v) is 5.26. The second-order valence-electron chi connectivity index (χ2n) is 3.82. The number of hydrogen-bond donors (Lipinski definition) is 1. The first kappa shape index (κ1) is 9.72. The van der Waals surface area contributed by atoms with E-state index in [4.69, 9.17) is 5.73 Å². The SMILES string of the molecule is Nc1ccc2ccccc2c1N1C=CC(=O)[N]1. The fraction of sp³-hybridized carbons (Fsp3) is 0. The fourth-order valence-electron chi connectivity index (χ4n) is 1.96. The molecule has 1 amide bonds. The van der Waals surface area contributed by atoms with Gasteiger partial charge in [0.05, 0.1) is 11.4 Å². The molecule has 4 heteroatoms. The lowest BCUT2D eigenvalue weighted by Gasteiger charge is -2.17. The average molecular weight is 224 g/mol. The summed E-state index contributed by atoms with van der Waals surface area (Å²) in [7, 11) is 0. The van der Waals surface area contributed by atoms with Gasteiger partial charge in [0.2, 0.25) is 0 Å². The normalized spacial score (nSPS) is 14.4. The van der Waals surface area contributed by atoms with E-state index in [1.807, 2.05) is 36.4 Å². The number of rotatable bonds is 1. The molecule has 2 aromatic carbocycles. The van der Waals surface area contributed by atoms with Crippen molar-refractivity contribution in [2.75, 3.05) is 10.7 Å². The third-order valence-electron chi connectivity index (χ3n) is 2.73. The Kier molecular flexibility index (Phi) is 2.01. The highest BCUT2D eigenvalue weighted by Crippen LogP contribution is 2.33. The summed E-state index contributed by atoms with van der Waals surface area (Å²) in [5, 5.41) is 3.58. The zero-order chi connectivity index (χ0) is 11.8. The van der Waals surface area contributed by atoms with Gasteiger partial charge in [-0.15, -0.1) is 5.43 Å². The van der Waals surface area contributed by atoms with Gasteiger partial charge in [0.1, 0.15) is 0 Å². The zero-order valence-electron chi connectivity index (χ0n) is 9.00. The minimum atomic E-state index is -0.266. The number of amides is 1. The van der Waals surface area contributed by atoms with Gasteiger partial charge in [0.15, 0.2) is 0 Å². The average Bonchev–Trinajstić information content (AvgIpc) is 2.75. The molecular weight excluding hydrogens is 214 g/mol. The molecule has 1 radical (unpaired) electrons. The standard InChI is InChI=1S/C13H10N3O/c14-11-6-5-9-3-1-2-4-10(9)13(11)16-8-7-12(17)15-16/h1-8H,14H2. The predicted molar refractivity (Wildman–Crippen MR) is 67.1 cm³/mol. The molecule has 2 aromatic rings. The Morgan fingerprint density at radius 2 is 1.94 bits per heavy atom. The Morgan fingerprint density at radius 3 is 2.71 bits per heavy atom. The lowest BCUT2D eigenvalue weighted by Crippen LogP contribution is -2.25. The summed E-state index contributed by atoms with van der Waals surface area (Å²) in [4.78, 5) is 11.1. The van der Waals surface area contributed by atoms with E-state index in [1.54, 1.807) is 6.20 Å². The van der Waals surface area contributed by atoms with Gasteiger partial charge in [-0.05, 0) is 11.5 Å². The molecule has 0 aliphatic carbocycles. The predicted octanol–water partition coefficient (Wildman–Crippen LogP) is 1.80. The molecule has 1 heterocycles. The fourth-order valence-corrected chi connectivity index (χ4v) is 1.96. The number of anilines is 2. The number of carbonyl (C=O) groups is 1. The molecule has 0 unspecified atom stereocenters. The molecule has 0 fully saturated rings. The Hall–Kier alpha value is -2.49. The number of benzene rings is 2. The van der Waals surface area contributed by atoms with E-state index in [-0.39, 0.29) is 5.91 Å². The molecule has 1 aliphatic rings. The van der Waals surface area contributed by atoms with Gasteiger partial charge < -0.3 is 5.73 Å². The molecule has 83 valence electrons. The quantitative estimate of drug-likeness (QED) is 0.751. The second kappa shape index (κ2) is 3.52. The van der Waals surface area contributed by atoms with E-state index in [2.05, 4.69) is 5.43 Å². The molecule has 0 aromatic heterocycles. The van der Waals surface area contributed by atoms with E-state index in [1.165, 1.54) is 11.1 Å². The Bertz CT molecular complexity index is 634. The lowest BCUT2D eigenvalue weighted by molar-refractivity contribution is -0.116. The molecule has 0 bridgehead atoms. The van der Waals surface area contributed by atoms with Crippen molar-refractivity contribution in [1.82, 2.24) is 5.43 Å². The topological polar surface area (TPSA) is 60.4 Å². The Balaban J connectivity index is 2.24. The summed E-state index contributed by atoms with van der Waals surface area (Å²) in [6.07, 6.45) is 3.04. The highest BCUT2D eigenvalue weighted by Gasteiger charge is 2.19. The summed E-state index contributed by atoms with van der Waals surface area (Å²) in [5.74, 6) is -0.266. The molecule has 2 N–H and O–H groups in total. The van der Waals surface area contributed by atoms with Gasteiger partial charge in [-0.1, -0.05) is 30.3 Å². The van der Waals surface area contributed by atoms with Crippen LogP contribution in [-0.2, 0) is 4.79 Å². The molecule has 0 atom stereocenters. The van der Waals surface area contributed by atoms with Crippen LogP contribution in [0.15, 0.2) is 48.7 Å². The third-order valence-corrected chi connectivity index (χ3v) is 2.73. The van der Waals surface area contributed by atoms with Crippen LogP contribution in [-0.4, -0.2) is 5.91 Å². The van der Waals surface area contributed by atoms with E-state index in [9.17, 15) is 4.79 Å². The minimum absolute atomic E-state index is 0.266. The van der Waals surface area contributed by atoms with Gasteiger partial charge in [-0.3, -0.25) is 4.79 Å². The van der Waals surface area contributed by atoms with Crippen LogP contribution in [0.1, 0.15) is 0 Å². The van der Waals surface area contributed by atoms with Crippen LogP contribution in [0.2, 0.25) is 0 Å². The van der Waals surface area contributed by atoms with Crippen molar-refractivity contribution in [2.45, 2.75) is 0 Å². The first-order valence-electron chi connectivity index (χ1n) is 5.26. The van der Waals surface area contributed by atoms with Crippen LogP contribution in [0.5, 0.6) is 0 Å². The van der Waals surface area contributed by atoms with E-state index >= 15 is 0 Å². The van der Waals surface area contributed by atoms with Crippen LogP contribution in [0.4, 0.5) is 11.4 Å². The van der Waals surface area contributed by atoms with E-state index in [0.717, 1.165) is 16.5 Å². The van der Waals surface area contributed by atoms with Crippen molar-refractivity contribution in [1.29, 1.82) is 0 Å². The summed E-state index contributed by atoms with van der Waals surface area (Å²) in [6, 6.07) is 11.6. The number of hydrogen-bond acceptors (Lipinski definition) is 3. The Labute approximate surface area is 98.3 Å². The molecule has 1 aliphatic heterocycles. The number of fused-ring (bicyclic) bond motifs is 1. The number of nitrogens with two attached hydrogens (primary N) is 1. The van der Waals surface area contributed by atoms with Gasteiger partial charge in [0.25, 0.3) is 5.91 Å². The first-order chi connectivity index (χ1) is 8.25. The van der Waals surface area contributed by atoms with Gasteiger partial charge in [0, 0.05) is 17.7 Å². The Morgan fingerprint density at radius 1 is 1.12 bits per heavy atom. The molecule has 17 heavy (non-hydrogen) atoms. The molecule has 0 saturated heterocycles. The second-order valence-corrected chi connectivity index (χ2v) is 3.82. The number of nitrogen functional groups attached to an aromatic ring is 1. The summed E-state index contributed by atoms with van der Waals surface area (Å²) in [5.41, 5.74) is 11.2. The van der Waals surface area contributed by atoms with Crippen LogP contribution in [0.25, 0.3) is 10.8 Å². The van der Waals surface area contributed by atoms with Crippen molar-refractivity contribution < 1.29 is 4.79 Å². The number of carbonyl (C=O) groups excluding carboxylic acids is 1. The van der Waals surface area contributed by atoms with Gasteiger partial charge in [-0.2, -0.15) is 0 Å². The zero-order valence-corrected chi connectivity index (χ0v) is 9.00. The molecule has 0 saturated carbocycles. The molecule has 3 rings (SSSR count).